The van der Waals surface area contributed by atoms with Crippen LogP contribution >= 0.6 is 0 Å². The predicted molar refractivity (Wildman–Crippen MR) is 78.8 cm³/mol. The van der Waals surface area contributed by atoms with E-state index in [1.807, 2.05) is 0 Å². The minimum absolute atomic E-state index is 0.537. The van der Waals surface area contributed by atoms with Gasteiger partial charge in [-0.25, -0.2) is 0 Å². The van der Waals surface area contributed by atoms with Crippen LogP contribution in [0.1, 0.15) is 65.7 Å². The third-order valence-corrected chi connectivity index (χ3v) is 3.01. The molecule has 2 heteroatoms. The molecule has 0 amide bonds. The molecule has 0 radical (unpaired) electrons. The molecule has 0 heterocycles. The number of hydrogen-bond donors (Lipinski definition) is 0. The molecule has 0 fully saturated rings. The first-order chi connectivity index (χ1) is 8.09. The zero-order valence-corrected chi connectivity index (χ0v) is 12.6. The van der Waals surface area contributed by atoms with Gasteiger partial charge in [-0.15, -0.1) is 0 Å². The summed E-state index contributed by atoms with van der Waals surface area (Å²) in [5, 5.41) is 0. The topological polar surface area (TPSA) is 15.6 Å². The van der Waals surface area contributed by atoms with Crippen molar-refractivity contribution in [3.63, 3.8) is 0 Å². The van der Waals surface area contributed by atoms with Crippen molar-refractivity contribution in [3.05, 3.63) is 0 Å². The lowest BCUT2D eigenvalue weighted by molar-refractivity contribution is 0.561. The summed E-state index contributed by atoms with van der Waals surface area (Å²) < 4.78 is 0. The summed E-state index contributed by atoms with van der Waals surface area (Å²) in [4.78, 5) is 6.84. The molecule has 0 N–H and O–H groups in total. The highest BCUT2D eigenvalue weighted by molar-refractivity contribution is 5.83. The molecule has 0 aromatic heterocycles. The Hall–Kier alpha value is -0.530. The van der Waals surface area contributed by atoms with Gasteiger partial charge in [0.15, 0.2) is 0 Å². The van der Waals surface area contributed by atoms with Crippen molar-refractivity contribution in [3.8, 4) is 0 Å². The van der Waals surface area contributed by atoms with E-state index in [9.17, 15) is 0 Å². The third kappa shape index (κ3) is 9.20. The van der Waals surface area contributed by atoms with Crippen LogP contribution in [-0.4, -0.2) is 31.4 Å². The molecule has 102 valence electrons. The van der Waals surface area contributed by atoms with Crippen molar-refractivity contribution >= 4 is 5.84 Å². The summed E-state index contributed by atoms with van der Waals surface area (Å²) in [5.74, 6) is 1.77. The van der Waals surface area contributed by atoms with E-state index in [4.69, 9.17) is 4.99 Å². The molecule has 0 aromatic carbocycles. The minimum atomic E-state index is 0.537. The monoisotopic (exact) mass is 240 g/mol. The van der Waals surface area contributed by atoms with E-state index in [-0.39, 0.29) is 0 Å². The highest BCUT2D eigenvalue weighted by Crippen LogP contribution is 2.07. The van der Waals surface area contributed by atoms with Crippen LogP contribution in [0.3, 0.4) is 0 Å². The molecule has 17 heavy (non-hydrogen) atoms. The van der Waals surface area contributed by atoms with E-state index in [0.717, 1.165) is 6.54 Å². The van der Waals surface area contributed by atoms with Crippen LogP contribution < -0.4 is 0 Å². The molecular formula is C15H32N2. The molecule has 0 aromatic rings. The molecule has 0 unspecified atom stereocenters. The molecule has 0 aliphatic carbocycles. The van der Waals surface area contributed by atoms with Gasteiger partial charge in [-0.2, -0.15) is 0 Å². The molecule has 0 rings (SSSR count). The molecule has 0 bridgehead atoms. The van der Waals surface area contributed by atoms with Gasteiger partial charge in [-0.1, -0.05) is 59.3 Å². The Morgan fingerprint density at radius 3 is 1.94 bits per heavy atom. The van der Waals surface area contributed by atoms with E-state index in [1.54, 1.807) is 0 Å². The maximum Gasteiger partial charge on any atom is 0.101 e. The van der Waals surface area contributed by atoms with Gasteiger partial charge in [-0.3, -0.25) is 4.99 Å². The van der Waals surface area contributed by atoms with Crippen LogP contribution in [0, 0.1) is 5.92 Å². The van der Waals surface area contributed by atoms with Crippen LogP contribution in [0.25, 0.3) is 0 Å². The third-order valence-electron chi connectivity index (χ3n) is 3.01. The van der Waals surface area contributed by atoms with Gasteiger partial charge in [0.25, 0.3) is 0 Å². The maximum atomic E-state index is 4.70. The number of aliphatic imine (C=N–C) groups is 1. The molecule has 2 nitrogen and oxygen atoms in total. The number of amidine groups is 1. The quantitative estimate of drug-likeness (QED) is 0.332. The lowest BCUT2D eigenvalue weighted by Crippen LogP contribution is -2.27. The van der Waals surface area contributed by atoms with Crippen molar-refractivity contribution in [2.45, 2.75) is 65.7 Å². The van der Waals surface area contributed by atoms with Crippen molar-refractivity contribution in [1.82, 2.24) is 4.90 Å². The number of rotatable bonds is 9. The van der Waals surface area contributed by atoms with E-state index < -0.39 is 0 Å². The largest absolute Gasteiger partial charge is 0.366 e. The minimum Gasteiger partial charge on any atom is -0.366 e. The fourth-order valence-electron chi connectivity index (χ4n) is 2.10. The highest BCUT2D eigenvalue weighted by Gasteiger charge is 2.05. The Morgan fingerprint density at radius 2 is 1.47 bits per heavy atom. The van der Waals surface area contributed by atoms with Crippen molar-refractivity contribution < 1.29 is 0 Å². The fraction of sp³-hybridized carbons (Fsp3) is 0.933. The normalized spacial score (nSPS) is 12.2. The Kier molecular flexibility index (Phi) is 10.3. The van der Waals surface area contributed by atoms with Crippen molar-refractivity contribution in [2.75, 3.05) is 20.6 Å². The van der Waals surface area contributed by atoms with E-state index in [2.05, 4.69) is 39.8 Å². The van der Waals surface area contributed by atoms with E-state index in [1.165, 1.54) is 50.8 Å². The zero-order chi connectivity index (χ0) is 13.1. The van der Waals surface area contributed by atoms with Gasteiger partial charge in [0.2, 0.25) is 0 Å². The summed E-state index contributed by atoms with van der Waals surface area (Å²) in [6.07, 6.45) is 9.52. The Balaban J connectivity index is 3.57. The molecule has 0 spiro atoms. The van der Waals surface area contributed by atoms with E-state index >= 15 is 0 Å². The summed E-state index contributed by atoms with van der Waals surface area (Å²) in [7, 11) is 4.17. The number of unbranched alkanes of at least 4 members (excludes halogenated alkanes) is 6. The second-order valence-electron chi connectivity index (χ2n) is 5.41. The summed E-state index contributed by atoms with van der Waals surface area (Å²) in [6, 6.07) is 0. The van der Waals surface area contributed by atoms with Gasteiger partial charge in [0.1, 0.15) is 5.84 Å². The highest BCUT2D eigenvalue weighted by atomic mass is 15.1. The SMILES string of the molecule is CCCCCCCCCN=C(C(C)C)N(C)C. The molecule has 0 atom stereocenters. The number of hydrogen-bond acceptors (Lipinski definition) is 1. The van der Waals surface area contributed by atoms with Crippen molar-refractivity contribution in [1.29, 1.82) is 0 Å². The van der Waals surface area contributed by atoms with Gasteiger partial charge in [0, 0.05) is 26.6 Å². The summed E-state index contributed by atoms with van der Waals surface area (Å²) in [5.41, 5.74) is 0. The summed E-state index contributed by atoms with van der Waals surface area (Å²) >= 11 is 0. The Morgan fingerprint density at radius 1 is 0.941 bits per heavy atom. The van der Waals surface area contributed by atoms with Crippen LogP contribution in [0.4, 0.5) is 0 Å². The average Bonchev–Trinajstić information content (AvgIpc) is 2.26. The smallest absolute Gasteiger partial charge is 0.101 e. The van der Waals surface area contributed by atoms with Gasteiger partial charge >= 0.3 is 0 Å². The van der Waals surface area contributed by atoms with Crippen LogP contribution in [0.15, 0.2) is 4.99 Å². The molecular weight excluding hydrogens is 208 g/mol. The number of nitrogens with zero attached hydrogens (tertiary/aromatic N) is 2. The molecule has 0 saturated carbocycles. The second kappa shape index (κ2) is 10.6. The van der Waals surface area contributed by atoms with Gasteiger partial charge < -0.3 is 4.90 Å². The zero-order valence-electron chi connectivity index (χ0n) is 12.6. The molecule has 0 aliphatic heterocycles. The standard InChI is InChI=1S/C15H32N2/c1-6-7-8-9-10-11-12-13-16-15(14(2)3)17(4)5/h14H,6-13H2,1-5H3. The second-order valence-corrected chi connectivity index (χ2v) is 5.41. The first-order valence-corrected chi connectivity index (χ1v) is 7.31. The van der Waals surface area contributed by atoms with Gasteiger partial charge in [-0.05, 0) is 6.42 Å². The lowest BCUT2D eigenvalue weighted by Gasteiger charge is -2.19. The Labute approximate surface area is 109 Å². The molecule has 0 saturated heterocycles. The van der Waals surface area contributed by atoms with Crippen LogP contribution in [0.5, 0.6) is 0 Å². The predicted octanol–water partition coefficient (Wildman–Crippen LogP) is 4.35. The fourth-order valence-corrected chi connectivity index (χ4v) is 2.10. The first kappa shape index (κ1) is 16.5. The van der Waals surface area contributed by atoms with Gasteiger partial charge in [0.05, 0.1) is 0 Å². The van der Waals surface area contributed by atoms with Crippen LogP contribution in [0.2, 0.25) is 0 Å². The Bertz CT molecular complexity index is 185. The van der Waals surface area contributed by atoms with Crippen molar-refractivity contribution in [2.24, 2.45) is 10.9 Å². The summed E-state index contributed by atoms with van der Waals surface area (Å²) in [6.45, 7) is 7.69. The maximum absolute atomic E-state index is 4.70. The molecule has 0 aliphatic rings. The lowest BCUT2D eigenvalue weighted by atomic mass is 10.1. The first-order valence-electron chi connectivity index (χ1n) is 7.31. The van der Waals surface area contributed by atoms with Crippen LogP contribution in [-0.2, 0) is 0 Å². The van der Waals surface area contributed by atoms with E-state index in [0.29, 0.717) is 5.92 Å². The average molecular weight is 240 g/mol.